The van der Waals surface area contributed by atoms with Gasteiger partial charge >= 0.3 is 0 Å². The van der Waals surface area contributed by atoms with Gasteiger partial charge in [0.1, 0.15) is 18.3 Å². The molecule has 5 N–H and O–H groups in total. The molecular formula is C21H20N2O8. The molecule has 2 aromatic carbocycles. The van der Waals surface area contributed by atoms with Crippen molar-refractivity contribution in [2.45, 2.75) is 30.3 Å². The normalized spacial score (nSPS) is 30.3. The molecule has 0 radical (unpaired) electrons. The summed E-state index contributed by atoms with van der Waals surface area (Å²) in [4.78, 5) is 39.7. The SMILES string of the molecule is O=C(N[C@@]1(N2C(=O)c3ccccc3C2=O)O[C@H](CO)[C@@H](O)[C@H](O)[C@H]1O)c1ccccc1. The van der Waals surface area contributed by atoms with Crippen LogP contribution >= 0.6 is 0 Å². The predicted molar refractivity (Wildman–Crippen MR) is 104 cm³/mol. The number of carbonyl (C=O) groups excluding carboxylic acids is 3. The van der Waals surface area contributed by atoms with Crippen LogP contribution in [0.4, 0.5) is 0 Å². The van der Waals surface area contributed by atoms with Crippen molar-refractivity contribution in [1.29, 1.82) is 0 Å². The second-order valence-electron chi connectivity index (χ2n) is 7.27. The van der Waals surface area contributed by atoms with Crippen LogP contribution in [0.2, 0.25) is 0 Å². The number of ether oxygens (including phenoxy) is 1. The quantitative estimate of drug-likeness (QED) is 0.382. The van der Waals surface area contributed by atoms with Crippen molar-refractivity contribution in [1.82, 2.24) is 10.2 Å². The first-order chi connectivity index (χ1) is 14.8. The van der Waals surface area contributed by atoms with Gasteiger partial charge in [-0.15, -0.1) is 0 Å². The zero-order valence-corrected chi connectivity index (χ0v) is 16.1. The monoisotopic (exact) mass is 428 g/mol. The number of fused-ring (bicyclic) bond motifs is 1. The first kappa shape index (κ1) is 21.1. The van der Waals surface area contributed by atoms with E-state index in [1.165, 1.54) is 36.4 Å². The predicted octanol–water partition coefficient (Wildman–Crippen LogP) is -1.16. The van der Waals surface area contributed by atoms with Crippen LogP contribution in [0.1, 0.15) is 31.1 Å². The summed E-state index contributed by atoms with van der Waals surface area (Å²) in [5.74, 6) is -5.18. The van der Waals surface area contributed by atoms with E-state index in [-0.39, 0.29) is 16.7 Å². The van der Waals surface area contributed by atoms with Gasteiger partial charge in [0.25, 0.3) is 23.6 Å². The highest BCUT2D eigenvalue weighted by Crippen LogP contribution is 2.37. The van der Waals surface area contributed by atoms with Gasteiger partial charge in [0.05, 0.1) is 17.7 Å². The second-order valence-corrected chi connectivity index (χ2v) is 7.27. The molecule has 0 aromatic heterocycles. The summed E-state index contributed by atoms with van der Waals surface area (Å²) < 4.78 is 5.61. The Labute approximate surface area is 176 Å². The number of benzene rings is 2. The molecule has 1 saturated heterocycles. The molecule has 0 unspecified atom stereocenters. The van der Waals surface area contributed by atoms with E-state index in [1.54, 1.807) is 18.2 Å². The first-order valence-corrected chi connectivity index (χ1v) is 9.50. The van der Waals surface area contributed by atoms with Crippen molar-refractivity contribution in [3.05, 3.63) is 71.3 Å². The minimum absolute atomic E-state index is 0.0118. The van der Waals surface area contributed by atoms with Crippen molar-refractivity contribution in [3.63, 3.8) is 0 Å². The van der Waals surface area contributed by atoms with Gasteiger partial charge in [-0.2, -0.15) is 0 Å². The highest BCUT2D eigenvalue weighted by molar-refractivity contribution is 6.22. The van der Waals surface area contributed by atoms with Crippen LogP contribution in [0.15, 0.2) is 54.6 Å². The van der Waals surface area contributed by atoms with Gasteiger partial charge in [-0.25, -0.2) is 4.90 Å². The van der Waals surface area contributed by atoms with Crippen LogP contribution in [-0.2, 0) is 4.74 Å². The summed E-state index contributed by atoms with van der Waals surface area (Å²) >= 11 is 0. The Balaban J connectivity index is 1.83. The molecule has 1 fully saturated rings. The second kappa shape index (κ2) is 7.84. The summed E-state index contributed by atoms with van der Waals surface area (Å²) in [6.45, 7) is -0.822. The van der Waals surface area contributed by atoms with Gasteiger partial charge in [0.2, 0.25) is 0 Å². The van der Waals surface area contributed by atoms with Crippen molar-refractivity contribution in [3.8, 4) is 0 Å². The maximum atomic E-state index is 13.1. The lowest BCUT2D eigenvalue weighted by Crippen LogP contribution is -2.78. The summed E-state index contributed by atoms with van der Waals surface area (Å²) in [6.07, 6.45) is -7.33. The number of imide groups is 1. The van der Waals surface area contributed by atoms with E-state index in [1.807, 2.05) is 0 Å². The molecule has 4 rings (SSSR count). The fraction of sp³-hybridized carbons (Fsp3) is 0.286. The van der Waals surface area contributed by atoms with E-state index in [0.29, 0.717) is 4.90 Å². The smallest absolute Gasteiger partial charge is 0.265 e. The van der Waals surface area contributed by atoms with Gasteiger partial charge in [0, 0.05) is 5.56 Å². The zero-order chi connectivity index (χ0) is 22.3. The topological polar surface area (TPSA) is 157 Å². The van der Waals surface area contributed by atoms with Crippen LogP contribution in [0.25, 0.3) is 0 Å². The van der Waals surface area contributed by atoms with E-state index in [9.17, 15) is 34.8 Å². The number of hydrogen-bond acceptors (Lipinski definition) is 8. The van der Waals surface area contributed by atoms with Crippen molar-refractivity contribution in [2.75, 3.05) is 6.61 Å². The highest BCUT2D eigenvalue weighted by atomic mass is 16.6. The average molecular weight is 428 g/mol. The standard InChI is InChI=1S/C21H20N2O8/c24-10-14-15(25)16(26)17(27)21(31-14,22-18(28)11-6-2-1-3-7-11)23-19(29)12-8-4-5-9-13(12)20(23)30/h1-9,14-17,24-27H,10H2,(H,22,28)/t14-,15-,16+,17-,21+/m1/s1. The number of carbonyl (C=O) groups is 3. The number of rotatable bonds is 4. The average Bonchev–Trinajstić information content (AvgIpc) is 3.05. The Morgan fingerprint density at radius 2 is 1.48 bits per heavy atom. The van der Waals surface area contributed by atoms with E-state index in [2.05, 4.69) is 5.32 Å². The minimum Gasteiger partial charge on any atom is -0.394 e. The molecule has 10 nitrogen and oxygen atoms in total. The number of aliphatic hydroxyl groups is 4. The molecule has 31 heavy (non-hydrogen) atoms. The molecule has 10 heteroatoms. The first-order valence-electron chi connectivity index (χ1n) is 9.50. The Morgan fingerprint density at radius 3 is 2.03 bits per heavy atom. The lowest BCUT2D eigenvalue weighted by atomic mass is 9.93. The van der Waals surface area contributed by atoms with Gasteiger partial charge in [-0.1, -0.05) is 30.3 Å². The fourth-order valence-corrected chi connectivity index (χ4v) is 3.81. The minimum atomic E-state index is -2.59. The largest absolute Gasteiger partial charge is 0.394 e. The Kier molecular flexibility index (Phi) is 5.33. The van der Waals surface area contributed by atoms with E-state index < -0.39 is 54.6 Å². The molecule has 0 saturated carbocycles. The van der Waals surface area contributed by atoms with Gasteiger partial charge in [0.15, 0.2) is 6.10 Å². The Morgan fingerprint density at radius 1 is 0.935 bits per heavy atom. The van der Waals surface area contributed by atoms with Crippen LogP contribution in [0, 0.1) is 0 Å². The summed E-state index contributed by atoms with van der Waals surface area (Å²) in [7, 11) is 0. The summed E-state index contributed by atoms with van der Waals surface area (Å²) in [6, 6.07) is 13.6. The summed E-state index contributed by atoms with van der Waals surface area (Å²) in [5, 5.41) is 43.4. The van der Waals surface area contributed by atoms with E-state index in [0.717, 1.165) is 0 Å². The van der Waals surface area contributed by atoms with Crippen molar-refractivity contribution in [2.24, 2.45) is 0 Å². The third kappa shape index (κ3) is 3.21. The van der Waals surface area contributed by atoms with Crippen LogP contribution in [0.3, 0.4) is 0 Å². The molecular weight excluding hydrogens is 408 g/mol. The molecule has 162 valence electrons. The maximum Gasteiger partial charge on any atom is 0.265 e. The van der Waals surface area contributed by atoms with Crippen molar-refractivity contribution < 1.29 is 39.5 Å². The Bertz CT molecular complexity index is 992. The molecule has 2 heterocycles. The van der Waals surface area contributed by atoms with Gasteiger partial charge < -0.3 is 30.5 Å². The third-order valence-electron chi connectivity index (χ3n) is 5.42. The molecule has 3 amide bonds. The van der Waals surface area contributed by atoms with Crippen LogP contribution in [0.5, 0.6) is 0 Å². The zero-order valence-electron chi connectivity index (χ0n) is 16.1. The third-order valence-corrected chi connectivity index (χ3v) is 5.42. The molecule has 2 aliphatic heterocycles. The van der Waals surface area contributed by atoms with Gasteiger partial charge in [-0.3, -0.25) is 14.4 Å². The highest BCUT2D eigenvalue weighted by Gasteiger charge is 2.62. The Hall–Kier alpha value is -3.15. The van der Waals surface area contributed by atoms with Gasteiger partial charge in [-0.05, 0) is 24.3 Å². The van der Waals surface area contributed by atoms with Crippen molar-refractivity contribution >= 4 is 17.7 Å². The number of hydrogen-bond donors (Lipinski definition) is 5. The molecule has 2 aromatic rings. The number of amides is 3. The number of aliphatic hydroxyl groups excluding tert-OH is 4. The molecule has 0 aliphatic carbocycles. The summed E-state index contributed by atoms with van der Waals surface area (Å²) in [5.41, 5.74) is 0.144. The molecule has 0 spiro atoms. The lowest BCUT2D eigenvalue weighted by molar-refractivity contribution is -0.310. The number of nitrogens with zero attached hydrogens (tertiary/aromatic N) is 1. The number of nitrogens with one attached hydrogen (secondary N) is 1. The molecule has 2 aliphatic rings. The van der Waals surface area contributed by atoms with E-state index >= 15 is 0 Å². The van der Waals surface area contributed by atoms with E-state index in [4.69, 9.17) is 4.74 Å². The maximum absolute atomic E-state index is 13.1. The fourth-order valence-electron chi connectivity index (χ4n) is 3.81. The molecule has 5 atom stereocenters. The lowest BCUT2D eigenvalue weighted by Gasteiger charge is -2.51. The van der Waals surface area contributed by atoms with Crippen LogP contribution < -0.4 is 5.32 Å². The molecule has 0 bridgehead atoms. The van der Waals surface area contributed by atoms with Crippen LogP contribution in [-0.4, -0.2) is 79.9 Å².